The maximum absolute atomic E-state index is 12.1. The van der Waals surface area contributed by atoms with E-state index in [-0.39, 0.29) is 12.1 Å². The number of aromatic nitrogens is 2. The molecule has 2 aromatic rings. The number of nitrogens with one attached hydrogen (secondary N) is 1. The Bertz CT molecular complexity index is 674. The summed E-state index contributed by atoms with van der Waals surface area (Å²) in [7, 11) is 0. The van der Waals surface area contributed by atoms with Crippen LogP contribution in [0.15, 0.2) is 41.3 Å². The highest BCUT2D eigenvalue weighted by Crippen LogP contribution is 2.15. The van der Waals surface area contributed by atoms with Crippen LogP contribution in [-0.2, 0) is 13.0 Å². The number of terminal acetylenes is 1. The molecule has 0 saturated carbocycles. The molecule has 1 aromatic carbocycles. The summed E-state index contributed by atoms with van der Waals surface area (Å²) < 4.78 is 1.21. The Morgan fingerprint density at radius 2 is 2.10 bits per heavy atom. The quantitative estimate of drug-likeness (QED) is 0.858. The zero-order chi connectivity index (χ0) is 14.4. The summed E-state index contributed by atoms with van der Waals surface area (Å²) in [5, 5.41) is 7.24. The fourth-order valence-corrected chi connectivity index (χ4v) is 2.00. The molecule has 5 heteroatoms. The van der Waals surface area contributed by atoms with Crippen LogP contribution in [0.4, 0.5) is 5.69 Å². The van der Waals surface area contributed by atoms with Crippen LogP contribution < -0.4 is 10.9 Å². The smallest absolute Gasteiger partial charge is 0.292 e. The summed E-state index contributed by atoms with van der Waals surface area (Å²) in [5.41, 5.74) is 1.23. The van der Waals surface area contributed by atoms with Crippen molar-refractivity contribution in [1.82, 2.24) is 9.78 Å². The SMILES string of the molecule is C#CCn1ncc(Cl)c(NCCc2ccccc2)c1=O. The minimum Gasteiger partial charge on any atom is -0.379 e. The van der Waals surface area contributed by atoms with Gasteiger partial charge in [0.1, 0.15) is 12.2 Å². The van der Waals surface area contributed by atoms with Crippen molar-refractivity contribution in [1.29, 1.82) is 0 Å². The van der Waals surface area contributed by atoms with Gasteiger partial charge in [-0.3, -0.25) is 4.79 Å². The Hall–Kier alpha value is -2.25. The van der Waals surface area contributed by atoms with Gasteiger partial charge in [-0.15, -0.1) is 6.42 Å². The second-order valence-electron chi connectivity index (χ2n) is 4.20. The number of rotatable bonds is 5. The molecule has 0 unspecified atom stereocenters. The van der Waals surface area contributed by atoms with Crippen molar-refractivity contribution in [2.24, 2.45) is 0 Å². The number of anilines is 1. The zero-order valence-corrected chi connectivity index (χ0v) is 11.6. The van der Waals surface area contributed by atoms with Crippen LogP contribution in [-0.4, -0.2) is 16.3 Å². The monoisotopic (exact) mass is 287 g/mol. The van der Waals surface area contributed by atoms with E-state index in [0.717, 1.165) is 6.42 Å². The average Bonchev–Trinajstić information content (AvgIpc) is 2.47. The van der Waals surface area contributed by atoms with E-state index in [1.807, 2.05) is 30.3 Å². The second-order valence-corrected chi connectivity index (χ2v) is 4.60. The standard InChI is InChI=1S/C15H14ClN3O/c1-2-10-19-15(20)14(13(16)11-18-19)17-9-8-12-6-4-3-5-7-12/h1,3-7,11,17H,8-10H2. The Kier molecular flexibility index (Phi) is 4.80. The topological polar surface area (TPSA) is 46.9 Å². The van der Waals surface area contributed by atoms with Crippen molar-refractivity contribution in [3.8, 4) is 12.3 Å². The molecule has 0 fully saturated rings. The first-order valence-electron chi connectivity index (χ1n) is 6.19. The van der Waals surface area contributed by atoms with Crippen molar-refractivity contribution in [2.45, 2.75) is 13.0 Å². The van der Waals surface area contributed by atoms with Crippen LogP contribution in [0.5, 0.6) is 0 Å². The lowest BCUT2D eigenvalue weighted by atomic mass is 10.1. The van der Waals surface area contributed by atoms with Gasteiger partial charge in [0.15, 0.2) is 0 Å². The summed E-state index contributed by atoms with van der Waals surface area (Å²) in [6.45, 7) is 0.738. The normalized spacial score (nSPS) is 10.0. The molecule has 0 spiro atoms. The van der Waals surface area contributed by atoms with Gasteiger partial charge in [-0.05, 0) is 12.0 Å². The maximum Gasteiger partial charge on any atom is 0.292 e. The Morgan fingerprint density at radius 1 is 1.35 bits per heavy atom. The van der Waals surface area contributed by atoms with Gasteiger partial charge in [0, 0.05) is 6.54 Å². The van der Waals surface area contributed by atoms with Crippen LogP contribution in [0, 0.1) is 12.3 Å². The Morgan fingerprint density at radius 3 is 2.80 bits per heavy atom. The predicted molar refractivity (Wildman–Crippen MR) is 81.0 cm³/mol. The van der Waals surface area contributed by atoms with E-state index in [1.54, 1.807) is 0 Å². The lowest BCUT2D eigenvalue weighted by Gasteiger charge is -2.09. The van der Waals surface area contributed by atoms with Gasteiger partial charge in [0.2, 0.25) is 0 Å². The number of nitrogens with zero attached hydrogens (tertiary/aromatic N) is 2. The van der Waals surface area contributed by atoms with Gasteiger partial charge in [-0.25, -0.2) is 4.68 Å². The van der Waals surface area contributed by atoms with Crippen molar-refractivity contribution in [2.75, 3.05) is 11.9 Å². The summed E-state index contributed by atoms with van der Waals surface area (Å²) in [4.78, 5) is 12.1. The third kappa shape index (κ3) is 3.40. The van der Waals surface area contributed by atoms with Crippen LogP contribution >= 0.6 is 11.6 Å². The van der Waals surface area contributed by atoms with Crippen molar-refractivity contribution in [3.63, 3.8) is 0 Å². The Labute approximate surface area is 122 Å². The summed E-state index contributed by atoms with van der Waals surface area (Å²) >= 11 is 5.99. The van der Waals surface area contributed by atoms with Gasteiger partial charge < -0.3 is 5.32 Å². The highest BCUT2D eigenvalue weighted by Gasteiger charge is 2.08. The van der Waals surface area contributed by atoms with E-state index < -0.39 is 0 Å². The lowest BCUT2D eigenvalue weighted by Crippen LogP contribution is -2.26. The third-order valence-corrected chi connectivity index (χ3v) is 3.08. The third-order valence-electron chi connectivity index (χ3n) is 2.80. The highest BCUT2D eigenvalue weighted by molar-refractivity contribution is 6.32. The molecule has 2 rings (SSSR count). The van der Waals surface area contributed by atoms with Crippen LogP contribution in [0.25, 0.3) is 0 Å². The largest absolute Gasteiger partial charge is 0.379 e. The molecule has 0 amide bonds. The van der Waals surface area contributed by atoms with Crippen molar-refractivity contribution < 1.29 is 0 Å². The van der Waals surface area contributed by atoms with Crippen molar-refractivity contribution >= 4 is 17.3 Å². The first kappa shape index (κ1) is 14.2. The van der Waals surface area contributed by atoms with Gasteiger partial charge in [0.25, 0.3) is 5.56 Å². The van der Waals surface area contributed by atoms with Gasteiger partial charge in [-0.1, -0.05) is 47.9 Å². The number of hydrogen-bond acceptors (Lipinski definition) is 3. The molecule has 0 radical (unpaired) electrons. The van der Waals surface area contributed by atoms with Gasteiger partial charge >= 0.3 is 0 Å². The molecule has 102 valence electrons. The molecule has 0 aliphatic heterocycles. The average molecular weight is 288 g/mol. The van der Waals surface area contributed by atoms with E-state index >= 15 is 0 Å². The second kappa shape index (κ2) is 6.78. The molecule has 20 heavy (non-hydrogen) atoms. The van der Waals surface area contributed by atoms with Gasteiger partial charge in [0.05, 0.1) is 11.2 Å². The maximum atomic E-state index is 12.1. The van der Waals surface area contributed by atoms with Crippen LogP contribution in [0.2, 0.25) is 5.02 Å². The molecular weight excluding hydrogens is 274 g/mol. The molecule has 1 N–H and O–H groups in total. The number of halogens is 1. The molecule has 0 bridgehead atoms. The fourth-order valence-electron chi connectivity index (χ4n) is 1.80. The van der Waals surface area contributed by atoms with E-state index in [0.29, 0.717) is 17.3 Å². The van der Waals surface area contributed by atoms with Crippen molar-refractivity contribution in [3.05, 3.63) is 57.5 Å². The van der Waals surface area contributed by atoms with E-state index in [4.69, 9.17) is 18.0 Å². The van der Waals surface area contributed by atoms with Crippen LogP contribution in [0.1, 0.15) is 5.56 Å². The molecule has 1 aromatic heterocycles. The molecule has 1 heterocycles. The molecule has 4 nitrogen and oxygen atoms in total. The summed E-state index contributed by atoms with van der Waals surface area (Å²) in [6, 6.07) is 10.00. The molecule has 0 atom stereocenters. The minimum atomic E-state index is -0.302. The molecular formula is C15H14ClN3O. The van der Waals surface area contributed by atoms with Crippen LogP contribution in [0.3, 0.4) is 0 Å². The first-order chi connectivity index (χ1) is 9.72. The van der Waals surface area contributed by atoms with E-state index in [2.05, 4.69) is 16.3 Å². The number of hydrogen-bond donors (Lipinski definition) is 1. The fraction of sp³-hybridized carbons (Fsp3) is 0.200. The molecule has 0 aliphatic rings. The van der Waals surface area contributed by atoms with E-state index in [1.165, 1.54) is 16.4 Å². The number of benzene rings is 1. The Balaban J connectivity index is 2.08. The summed E-state index contributed by atoms with van der Waals surface area (Å²) in [6.07, 6.45) is 7.41. The van der Waals surface area contributed by atoms with Gasteiger partial charge in [-0.2, -0.15) is 5.10 Å². The predicted octanol–water partition coefficient (Wildman–Crippen LogP) is 2.18. The molecule has 0 aliphatic carbocycles. The highest BCUT2D eigenvalue weighted by atomic mass is 35.5. The lowest BCUT2D eigenvalue weighted by molar-refractivity contribution is 0.664. The van der Waals surface area contributed by atoms with E-state index in [9.17, 15) is 4.79 Å². The minimum absolute atomic E-state index is 0.128. The summed E-state index contributed by atoms with van der Waals surface area (Å²) in [5.74, 6) is 2.38. The zero-order valence-electron chi connectivity index (χ0n) is 10.8. The first-order valence-corrected chi connectivity index (χ1v) is 6.57. The molecule has 0 saturated heterocycles.